The summed E-state index contributed by atoms with van der Waals surface area (Å²) in [5.41, 5.74) is 1.82. The van der Waals surface area contributed by atoms with Gasteiger partial charge < -0.3 is 4.90 Å². The monoisotopic (exact) mass is 312 g/mol. The highest BCUT2D eigenvalue weighted by Crippen LogP contribution is 2.26. The Morgan fingerprint density at radius 2 is 1.83 bits per heavy atom. The summed E-state index contributed by atoms with van der Waals surface area (Å²) in [7, 11) is 0. The highest BCUT2D eigenvalue weighted by atomic mass is 15.5. The number of nitrogens with zero attached hydrogens (tertiary/aromatic N) is 8. The van der Waals surface area contributed by atoms with Gasteiger partial charge in [-0.1, -0.05) is 0 Å². The fraction of sp³-hybridized carbons (Fsp3) is 0.533. The van der Waals surface area contributed by atoms with Crippen LogP contribution in [0.15, 0.2) is 24.5 Å². The molecule has 1 aliphatic heterocycles. The van der Waals surface area contributed by atoms with E-state index in [0.29, 0.717) is 5.92 Å². The molecular formula is C15H20N8. The number of aromatic nitrogens is 7. The molecule has 1 aliphatic rings. The minimum absolute atomic E-state index is 0.429. The van der Waals surface area contributed by atoms with Gasteiger partial charge in [-0.25, -0.2) is 0 Å². The second-order valence-electron chi connectivity index (χ2n) is 6.04. The van der Waals surface area contributed by atoms with Crippen LogP contribution in [0, 0.1) is 6.92 Å². The van der Waals surface area contributed by atoms with Crippen LogP contribution in [0.4, 0.5) is 0 Å². The number of hydrogen-bond acceptors (Lipinski definition) is 6. The molecule has 0 bridgehead atoms. The molecule has 120 valence electrons. The van der Waals surface area contributed by atoms with Crippen molar-refractivity contribution in [1.82, 2.24) is 39.7 Å². The first kappa shape index (κ1) is 14.3. The Balaban J connectivity index is 1.39. The van der Waals surface area contributed by atoms with Gasteiger partial charge in [-0.05, 0) is 45.0 Å². The van der Waals surface area contributed by atoms with E-state index in [1.54, 1.807) is 17.2 Å². The van der Waals surface area contributed by atoms with E-state index in [-0.39, 0.29) is 0 Å². The Labute approximate surface area is 134 Å². The molecule has 0 unspecified atom stereocenters. The van der Waals surface area contributed by atoms with E-state index in [9.17, 15) is 0 Å². The van der Waals surface area contributed by atoms with Gasteiger partial charge in [-0.2, -0.15) is 24.6 Å². The average molecular weight is 312 g/mol. The first-order valence-electron chi connectivity index (χ1n) is 8.05. The lowest BCUT2D eigenvalue weighted by Crippen LogP contribution is -2.36. The lowest BCUT2D eigenvalue weighted by molar-refractivity contribution is 0.196. The second kappa shape index (κ2) is 6.04. The smallest absolute Gasteiger partial charge is 0.177 e. The first-order chi connectivity index (χ1) is 11.3. The number of fused-ring (bicyclic) bond motifs is 1. The minimum atomic E-state index is 0.429. The van der Waals surface area contributed by atoms with Crippen molar-refractivity contribution in [2.24, 2.45) is 0 Å². The van der Waals surface area contributed by atoms with E-state index in [1.807, 2.05) is 23.6 Å². The maximum atomic E-state index is 4.56. The molecule has 8 nitrogen and oxygen atoms in total. The molecule has 0 N–H and O–H groups in total. The molecule has 8 heteroatoms. The summed E-state index contributed by atoms with van der Waals surface area (Å²) >= 11 is 0. The van der Waals surface area contributed by atoms with Crippen molar-refractivity contribution in [3.63, 3.8) is 0 Å². The second-order valence-corrected chi connectivity index (χ2v) is 6.04. The molecule has 0 radical (unpaired) electrons. The van der Waals surface area contributed by atoms with Crippen molar-refractivity contribution in [2.45, 2.75) is 32.2 Å². The Kier molecular flexibility index (Phi) is 3.74. The molecule has 3 aromatic heterocycles. The zero-order chi connectivity index (χ0) is 15.6. The number of piperidine rings is 1. The van der Waals surface area contributed by atoms with Gasteiger partial charge >= 0.3 is 0 Å². The molecule has 0 saturated carbocycles. The van der Waals surface area contributed by atoms with Crippen molar-refractivity contribution >= 4 is 5.65 Å². The molecule has 4 heterocycles. The van der Waals surface area contributed by atoms with Crippen LogP contribution in [0.3, 0.4) is 0 Å². The summed E-state index contributed by atoms with van der Waals surface area (Å²) < 4.78 is 1.91. The molecule has 0 amide bonds. The predicted molar refractivity (Wildman–Crippen MR) is 84.0 cm³/mol. The van der Waals surface area contributed by atoms with Crippen molar-refractivity contribution < 1.29 is 0 Å². The van der Waals surface area contributed by atoms with Crippen molar-refractivity contribution in [1.29, 1.82) is 0 Å². The highest BCUT2D eigenvalue weighted by Gasteiger charge is 2.25. The molecule has 3 aromatic rings. The third-order valence-corrected chi connectivity index (χ3v) is 4.46. The van der Waals surface area contributed by atoms with Gasteiger partial charge in [0.2, 0.25) is 0 Å². The molecule has 0 atom stereocenters. The quantitative estimate of drug-likeness (QED) is 0.712. The molecular weight excluding hydrogens is 292 g/mol. The topological polar surface area (TPSA) is 77.0 Å². The molecule has 23 heavy (non-hydrogen) atoms. The third kappa shape index (κ3) is 2.94. The molecule has 0 spiro atoms. The van der Waals surface area contributed by atoms with Gasteiger partial charge in [0.25, 0.3) is 0 Å². The number of likely N-dealkylation sites (tertiary alicyclic amines) is 1. The van der Waals surface area contributed by atoms with E-state index in [0.717, 1.165) is 56.2 Å². The summed E-state index contributed by atoms with van der Waals surface area (Å²) in [5, 5.41) is 21.5. The fourth-order valence-electron chi connectivity index (χ4n) is 3.16. The summed E-state index contributed by atoms with van der Waals surface area (Å²) in [6, 6.07) is 3.95. The number of rotatable bonds is 4. The maximum Gasteiger partial charge on any atom is 0.177 e. The first-order valence-corrected chi connectivity index (χ1v) is 8.05. The van der Waals surface area contributed by atoms with Crippen LogP contribution < -0.4 is 0 Å². The third-order valence-electron chi connectivity index (χ3n) is 4.46. The SMILES string of the molecule is Cc1ccc2nnc(C3CCN(CCn4nccn4)CC3)n2n1. The van der Waals surface area contributed by atoms with Gasteiger partial charge in [-0.3, -0.25) is 0 Å². The van der Waals surface area contributed by atoms with E-state index >= 15 is 0 Å². The normalized spacial score (nSPS) is 17.1. The van der Waals surface area contributed by atoms with Crippen molar-refractivity contribution in [3.8, 4) is 0 Å². The molecule has 1 saturated heterocycles. The summed E-state index contributed by atoms with van der Waals surface area (Å²) in [6.45, 7) is 5.94. The number of aryl methyl sites for hydroxylation is 1. The van der Waals surface area contributed by atoms with Crippen LogP contribution in [0.1, 0.15) is 30.3 Å². The lowest BCUT2D eigenvalue weighted by atomic mass is 9.96. The van der Waals surface area contributed by atoms with Crippen LogP contribution in [-0.4, -0.2) is 59.3 Å². The van der Waals surface area contributed by atoms with Crippen LogP contribution in [0.2, 0.25) is 0 Å². The number of hydrogen-bond donors (Lipinski definition) is 0. The largest absolute Gasteiger partial charge is 0.301 e. The standard InChI is InChI=1S/C15H20N8/c1-12-2-3-14-18-19-15(23(14)20-12)13-4-8-21(9-5-13)10-11-22-16-6-7-17-22/h2-3,6-7,13H,4-5,8-11H2,1H3. The van der Waals surface area contributed by atoms with Crippen LogP contribution in [0.5, 0.6) is 0 Å². The maximum absolute atomic E-state index is 4.56. The van der Waals surface area contributed by atoms with E-state index in [4.69, 9.17) is 0 Å². The average Bonchev–Trinajstić information content (AvgIpc) is 3.22. The van der Waals surface area contributed by atoms with E-state index < -0.39 is 0 Å². The summed E-state index contributed by atoms with van der Waals surface area (Å²) in [5.74, 6) is 1.43. The van der Waals surface area contributed by atoms with Crippen LogP contribution >= 0.6 is 0 Å². The predicted octanol–water partition coefficient (Wildman–Crippen LogP) is 0.904. The molecule has 4 rings (SSSR count). The molecule has 1 fully saturated rings. The van der Waals surface area contributed by atoms with Crippen LogP contribution in [0.25, 0.3) is 5.65 Å². The van der Waals surface area contributed by atoms with E-state index in [2.05, 4.69) is 30.4 Å². The molecule has 0 aliphatic carbocycles. The molecule has 0 aromatic carbocycles. The lowest BCUT2D eigenvalue weighted by Gasteiger charge is -2.30. The zero-order valence-corrected chi connectivity index (χ0v) is 13.2. The van der Waals surface area contributed by atoms with Crippen molar-refractivity contribution in [2.75, 3.05) is 19.6 Å². The minimum Gasteiger partial charge on any atom is -0.301 e. The summed E-state index contributed by atoms with van der Waals surface area (Å²) in [6.07, 6.45) is 5.61. The van der Waals surface area contributed by atoms with E-state index in [1.165, 1.54) is 0 Å². The van der Waals surface area contributed by atoms with Gasteiger partial charge in [0.1, 0.15) is 0 Å². The Hall–Kier alpha value is -2.35. The fourth-order valence-corrected chi connectivity index (χ4v) is 3.16. The zero-order valence-electron chi connectivity index (χ0n) is 13.2. The van der Waals surface area contributed by atoms with Gasteiger partial charge in [-0.15, -0.1) is 10.2 Å². The Bertz CT molecular complexity index is 770. The Morgan fingerprint density at radius 3 is 2.61 bits per heavy atom. The van der Waals surface area contributed by atoms with Gasteiger partial charge in [0.15, 0.2) is 11.5 Å². The van der Waals surface area contributed by atoms with Crippen molar-refractivity contribution in [3.05, 3.63) is 36.0 Å². The highest BCUT2D eigenvalue weighted by molar-refractivity contribution is 5.36. The Morgan fingerprint density at radius 1 is 1.04 bits per heavy atom. The van der Waals surface area contributed by atoms with Gasteiger partial charge in [0.05, 0.1) is 24.6 Å². The van der Waals surface area contributed by atoms with Gasteiger partial charge in [0, 0.05) is 12.5 Å². The summed E-state index contributed by atoms with van der Waals surface area (Å²) in [4.78, 5) is 4.20. The van der Waals surface area contributed by atoms with Crippen LogP contribution in [-0.2, 0) is 6.54 Å².